The molecule has 2 rings (SSSR count). The average molecular weight is 168 g/mol. The quantitative estimate of drug-likeness (QED) is 0.549. The molecule has 0 heterocycles. The molecule has 2 aliphatic carbocycles. The fourth-order valence-corrected chi connectivity index (χ4v) is 3.46. The summed E-state index contributed by atoms with van der Waals surface area (Å²) >= 11 is 0. The maximum Gasteiger partial charge on any atom is -0.0290 e. The van der Waals surface area contributed by atoms with Crippen molar-refractivity contribution in [2.45, 2.75) is 59.8 Å². The van der Waals surface area contributed by atoms with E-state index in [1.807, 2.05) is 0 Å². The van der Waals surface area contributed by atoms with E-state index in [9.17, 15) is 0 Å². The zero-order valence-electron chi connectivity index (χ0n) is 7.90. The van der Waals surface area contributed by atoms with E-state index in [1.165, 1.54) is 12.8 Å². The summed E-state index contributed by atoms with van der Waals surface area (Å²) in [6.07, 6.45) is 9.16. The molecule has 1 unspecified atom stereocenters. The minimum atomic E-state index is 0. The summed E-state index contributed by atoms with van der Waals surface area (Å²) in [7, 11) is 0. The van der Waals surface area contributed by atoms with E-state index in [1.54, 1.807) is 25.7 Å². The Morgan fingerprint density at radius 1 is 1.25 bits per heavy atom. The Morgan fingerprint density at radius 2 is 1.92 bits per heavy atom. The highest BCUT2D eigenvalue weighted by molar-refractivity contribution is 4.97. The molecule has 12 heavy (non-hydrogen) atoms. The van der Waals surface area contributed by atoms with Gasteiger partial charge in [0.15, 0.2) is 0 Å². The van der Waals surface area contributed by atoms with Gasteiger partial charge in [-0.1, -0.05) is 27.7 Å². The maximum atomic E-state index is 2.41. The highest BCUT2D eigenvalue weighted by atomic mass is 14.5. The lowest BCUT2D eigenvalue weighted by Gasteiger charge is -2.44. The Labute approximate surface area is 77.7 Å². The first-order valence-electron chi connectivity index (χ1n) is 5.24. The van der Waals surface area contributed by atoms with Crippen LogP contribution < -0.4 is 0 Å². The van der Waals surface area contributed by atoms with Gasteiger partial charge in [-0.3, -0.25) is 0 Å². The molecule has 0 aromatic carbocycles. The highest BCUT2D eigenvalue weighted by Gasteiger charge is 2.46. The summed E-state index contributed by atoms with van der Waals surface area (Å²) in [6.45, 7) is 4.76. The van der Waals surface area contributed by atoms with Gasteiger partial charge >= 0.3 is 0 Å². The largest absolute Gasteiger partial charge is 0.0776 e. The van der Waals surface area contributed by atoms with E-state index in [-0.39, 0.29) is 7.43 Å². The van der Waals surface area contributed by atoms with Gasteiger partial charge in [0.2, 0.25) is 0 Å². The van der Waals surface area contributed by atoms with Crippen LogP contribution in [0.1, 0.15) is 59.8 Å². The lowest BCUT2D eigenvalue weighted by atomic mass is 9.61. The molecular formula is C12H24. The van der Waals surface area contributed by atoms with Gasteiger partial charge in [-0.05, 0) is 49.4 Å². The van der Waals surface area contributed by atoms with Crippen molar-refractivity contribution in [1.82, 2.24) is 0 Å². The first kappa shape index (κ1) is 10.1. The summed E-state index contributed by atoms with van der Waals surface area (Å²) in [5, 5.41) is 0. The molecule has 0 heteroatoms. The van der Waals surface area contributed by atoms with E-state index in [0.29, 0.717) is 0 Å². The second-order valence-electron chi connectivity index (χ2n) is 5.03. The van der Waals surface area contributed by atoms with Crippen LogP contribution in [0.5, 0.6) is 0 Å². The molecule has 0 aromatic heterocycles. The van der Waals surface area contributed by atoms with Gasteiger partial charge in [0, 0.05) is 0 Å². The summed E-state index contributed by atoms with van der Waals surface area (Å²) in [5.41, 5.74) is 0.861. The molecule has 2 aliphatic rings. The van der Waals surface area contributed by atoms with Crippen LogP contribution in [0.25, 0.3) is 0 Å². The fourth-order valence-electron chi connectivity index (χ4n) is 3.46. The summed E-state index contributed by atoms with van der Waals surface area (Å²) < 4.78 is 0. The van der Waals surface area contributed by atoms with Crippen molar-refractivity contribution in [2.24, 2.45) is 17.3 Å². The predicted octanol–water partition coefficient (Wildman–Crippen LogP) is 4.25. The fraction of sp³-hybridized carbons (Fsp3) is 1.00. The van der Waals surface area contributed by atoms with Crippen molar-refractivity contribution in [1.29, 1.82) is 0 Å². The molecule has 0 aliphatic heterocycles. The van der Waals surface area contributed by atoms with E-state index < -0.39 is 0 Å². The van der Waals surface area contributed by atoms with Crippen LogP contribution in [0.15, 0.2) is 0 Å². The minimum Gasteiger partial charge on any atom is -0.0776 e. The van der Waals surface area contributed by atoms with Crippen molar-refractivity contribution in [3.63, 3.8) is 0 Å². The van der Waals surface area contributed by atoms with Crippen LogP contribution in [0, 0.1) is 17.3 Å². The molecule has 0 nitrogen and oxygen atoms in total. The summed E-state index contributed by atoms with van der Waals surface area (Å²) in [6, 6.07) is 0. The second kappa shape index (κ2) is 3.40. The zero-order chi connectivity index (χ0) is 7.90. The van der Waals surface area contributed by atoms with Crippen molar-refractivity contribution < 1.29 is 0 Å². The van der Waals surface area contributed by atoms with Crippen molar-refractivity contribution in [3.05, 3.63) is 0 Å². The van der Waals surface area contributed by atoms with E-state index in [0.717, 1.165) is 17.3 Å². The number of hydrogen-bond acceptors (Lipinski definition) is 0. The third-order valence-corrected chi connectivity index (χ3v) is 3.94. The molecule has 1 atom stereocenters. The van der Waals surface area contributed by atoms with Gasteiger partial charge in [0.25, 0.3) is 0 Å². The van der Waals surface area contributed by atoms with Crippen molar-refractivity contribution in [2.75, 3.05) is 0 Å². The van der Waals surface area contributed by atoms with Crippen LogP contribution in [0.4, 0.5) is 0 Å². The molecule has 0 N–H and O–H groups in total. The van der Waals surface area contributed by atoms with Gasteiger partial charge in [-0.15, -0.1) is 0 Å². The SMILES string of the molecule is C.CCC1CCC2(CC(C)C2)C1. The lowest BCUT2D eigenvalue weighted by Crippen LogP contribution is -2.33. The standard InChI is InChI=1S/C11H20.CH4/c1-3-10-4-5-11(8-10)6-9(2)7-11;/h9-10H,3-8H2,1-2H3;1H4. The minimum absolute atomic E-state index is 0. The van der Waals surface area contributed by atoms with Crippen LogP contribution in [0.3, 0.4) is 0 Å². The smallest absolute Gasteiger partial charge is 0.0290 e. The molecule has 1 spiro atoms. The molecule has 72 valence electrons. The van der Waals surface area contributed by atoms with Gasteiger partial charge < -0.3 is 0 Å². The Hall–Kier alpha value is 0. The Morgan fingerprint density at radius 3 is 2.33 bits per heavy atom. The Balaban J connectivity index is 0.000000720. The lowest BCUT2D eigenvalue weighted by molar-refractivity contribution is 0.0692. The third-order valence-electron chi connectivity index (χ3n) is 3.94. The van der Waals surface area contributed by atoms with Crippen molar-refractivity contribution >= 4 is 0 Å². The molecule has 0 aromatic rings. The Kier molecular flexibility index (Phi) is 2.85. The van der Waals surface area contributed by atoms with E-state index in [2.05, 4.69) is 13.8 Å². The summed E-state index contributed by atoms with van der Waals surface area (Å²) in [5.74, 6) is 2.13. The first-order chi connectivity index (χ1) is 5.24. The monoisotopic (exact) mass is 168 g/mol. The van der Waals surface area contributed by atoms with E-state index in [4.69, 9.17) is 0 Å². The first-order valence-corrected chi connectivity index (χ1v) is 5.24. The highest BCUT2D eigenvalue weighted by Crippen LogP contribution is 2.58. The Bertz CT molecular complexity index is 142. The number of rotatable bonds is 1. The normalized spacial score (nSPS) is 45.5. The van der Waals surface area contributed by atoms with Gasteiger partial charge in [0.05, 0.1) is 0 Å². The third kappa shape index (κ3) is 1.53. The van der Waals surface area contributed by atoms with Crippen LogP contribution >= 0.6 is 0 Å². The second-order valence-corrected chi connectivity index (χ2v) is 5.03. The topological polar surface area (TPSA) is 0 Å². The summed E-state index contributed by atoms with van der Waals surface area (Å²) in [4.78, 5) is 0. The maximum absolute atomic E-state index is 2.41. The van der Waals surface area contributed by atoms with Crippen LogP contribution in [-0.2, 0) is 0 Å². The van der Waals surface area contributed by atoms with E-state index >= 15 is 0 Å². The molecule has 2 fully saturated rings. The van der Waals surface area contributed by atoms with Crippen molar-refractivity contribution in [3.8, 4) is 0 Å². The molecule has 0 saturated heterocycles. The van der Waals surface area contributed by atoms with Crippen LogP contribution in [0.2, 0.25) is 0 Å². The molecule has 0 bridgehead atoms. The molecular weight excluding hydrogens is 144 g/mol. The van der Waals surface area contributed by atoms with Gasteiger partial charge in [-0.25, -0.2) is 0 Å². The molecule has 2 saturated carbocycles. The van der Waals surface area contributed by atoms with Gasteiger partial charge in [-0.2, -0.15) is 0 Å². The predicted molar refractivity (Wildman–Crippen MR) is 55.2 cm³/mol. The number of hydrogen-bond donors (Lipinski definition) is 0. The van der Waals surface area contributed by atoms with Crippen LogP contribution in [-0.4, -0.2) is 0 Å². The van der Waals surface area contributed by atoms with Gasteiger partial charge in [0.1, 0.15) is 0 Å². The molecule has 0 radical (unpaired) electrons. The molecule has 0 amide bonds. The zero-order valence-corrected chi connectivity index (χ0v) is 7.90. The average Bonchev–Trinajstić information content (AvgIpc) is 2.31.